The number of halogens is 6. The number of rotatable bonds is 5. The summed E-state index contributed by atoms with van der Waals surface area (Å²) in [7, 11) is 0. The van der Waals surface area contributed by atoms with Crippen LogP contribution in [-0.4, -0.2) is 56.4 Å². The fourth-order valence-corrected chi connectivity index (χ4v) is 6.00. The van der Waals surface area contributed by atoms with Crippen molar-refractivity contribution in [2.45, 2.75) is 49.2 Å². The van der Waals surface area contributed by atoms with Crippen molar-refractivity contribution in [3.8, 4) is 0 Å². The van der Waals surface area contributed by atoms with Gasteiger partial charge in [-0.15, -0.1) is 10.2 Å². The van der Waals surface area contributed by atoms with Gasteiger partial charge in [0, 0.05) is 24.6 Å². The number of aromatic nitrogens is 4. The number of amides is 1. The minimum atomic E-state index is -4.96. The number of fused-ring (bicyclic) bond motifs is 1. The summed E-state index contributed by atoms with van der Waals surface area (Å²) in [6.45, 7) is 0.525. The second-order valence-corrected chi connectivity index (χ2v) is 10.8. The summed E-state index contributed by atoms with van der Waals surface area (Å²) in [5.41, 5.74) is 0.134. The van der Waals surface area contributed by atoms with Gasteiger partial charge in [-0.2, -0.15) is 31.4 Å². The summed E-state index contributed by atoms with van der Waals surface area (Å²) in [6, 6.07) is 19.4. The molecule has 2 aliphatic rings. The molecule has 2 aliphatic heterocycles. The molecule has 8 nitrogen and oxygen atoms in total. The lowest BCUT2D eigenvalue weighted by Gasteiger charge is -2.34. The molecule has 230 valence electrons. The van der Waals surface area contributed by atoms with E-state index in [0.29, 0.717) is 12.8 Å². The van der Waals surface area contributed by atoms with Crippen LogP contribution in [0.5, 0.6) is 0 Å². The smallest absolute Gasteiger partial charge is 0.382 e. The van der Waals surface area contributed by atoms with Crippen LogP contribution in [0.2, 0.25) is 0 Å². The van der Waals surface area contributed by atoms with Crippen molar-refractivity contribution >= 4 is 17.5 Å². The molecule has 14 heteroatoms. The molecule has 44 heavy (non-hydrogen) atoms. The van der Waals surface area contributed by atoms with Crippen LogP contribution >= 0.6 is 0 Å². The summed E-state index contributed by atoms with van der Waals surface area (Å²) >= 11 is 0. The van der Waals surface area contributed by atoms with Crippen LogP contribution in [0.25, 0.3) is 0 Å². The number of aliphatic hydroxyl groups is 1. The average molecular weight is 617 g/mol. The summed E-state index contributed by atoms with van der Waals surface area (Å²) < 4.78 is 83.9. The van der Waals surface area contributed by atoms with Gasteiger partial charge < -0.3 is 15.3 Å². The van der Waals surface area contributed by atoms with Crippen molar-refractivity contribution in [1.82, 2.24) is 20.0 Å². The van der Waals surface area contributed by atoms with Gasteiger partial charge in [0.1, 0.15) is 23.9 Å². The van der Waals surface area contributed by atoms with Crippen LogP contribution in [0, 0.1) is 0 Å². The molecule has 2 N–H and O–H groups in total. The SMILES string of the molecule is O=C1Nc2c(c(C3CCN(c4ccc(C(F)(F)F)nn4)CC3)nn2C(c2ccccc2)c2ccccc2)[C@@H](C(F)(F)F)[C@@H]1O. The van der Waals surface area contributed by atoms with Crippen molar-refractivity contribution in [3.63, 3.8) is 0 Å². The third-order valence-corrected chi connectivity index (χ3v) is 8.09. The highest BCUT2D eigenvalue weighted by atomic mass is 19.4. The second-order valence-electron chi connectivity index (χ2n) is 10.8. The molecular weight excluding hydrogens is 590 g/mol. The highest BCUT2D eigenvalue weighted by Gasteiger charge is 2.55. The van der Waals surface area contributed by atoms with Crippen molar-refractivity contribution in [2.24, 2.45) is 0 Å². The Hall–Kier alpha value is -4.46. The van der Waals surface area contributed by atoms with E-state index < -0.39 is 47.9 Å². The van der Waals surface area contributed by atoms with E-state index in [-0.39, 0.29) is 36.0 Å². The number of nitrogens with one attached hydrogen (secondary N) is 1. The number of nitrogens with zero attached hydrogens (tertiary/aromatic N) is 5. The minimum absolute atomic E-state index is 0.108. The molecule has 2 aromatic carbocycles. The largest absolute Gasteiger partial charge is 0.435 e. The Balaban J connectivity index is 1.42. The van der Waals surface area contributed by atoms with E-state index in [1.807, 2.05) is 36.4 Å². The summed E-state index contributed by atoms with van der Waals surface area (Å²) in [6.07, 6.45) is -11.4. The summed E-state index contributed by atoms with van der Waals surface area (Å²) in [5.74, 6) is -4.11. The summed E-state index contributed by atoms with van der Waals surface area (Å²) in [5, 5.41) is 24.8. The monoisotopic (exact) mass is 616 g/mol. The Morgan fingerprint density at radius 1 is 0.841 bits per heavy atom. The number of benzene rings is 2. The number of carbonyl (C=O) groups is 1. The molecule has 0 spiro atoms. The molecule has 2 aromatic heterocycles. The molecule has 1 amide bonds. The Bertz CT molecular complexity index is 1580. The van der Waals surface area contributed by atoms with Gasteiger partial charge in [0.2, 0.25) is 0 Å². The molecule has 0 aliphatic carbocycles. The predicted molar refractivity (Wildman–Crippen MR) is 147 cm³/mol. The molecule has 0 bridgehead atoms. The van der Waals surface area contributed by atoms with E-state index >= 15 is 0 Å². The number of hydrogen-bond acceptors (Lipinski definition) is 6. The van der Waals surface area contributed by atoms with Gasteiger partial charge in [-0.25, -0.2) is 4.68 Å². The van der Waals surface area contributed by atoms with Crippen LogP contribution in [0.3, 0.4) is 0 Å². The fourth-order valence-electron chi connectivity index (χ4n) is 6.00. The zero-order valence-electron chi connectivity index (χ0n) is 22.9. The Morgan fingerprint density at radius 2 is 1.43 bits per heavy atom. The third kappa shape index (κ3) is 5.49. The molecule has 0 radical (unpaired) electrons. The first-order valence-electron chi connectivity index (χ1n) is 13.9. The molecule has 6 rings (SSSR count). The quantitative estimate of drug-likeness (QED) is 0.281. The van der Waals surface area contributed by atoms with Gasteiger partial charge in [0.05, 0.1) is 5.69 Å². The van der Waals surface area contributed by atoms with Crippen molar-refractivity contribution < 1.29 is 36.2 Å². The lowest BCUT2D eigenvalue weighted by atomic mass is 9.82. The third-order valence-electron chi connectivity index (χ3n) is 8.09. The number of anilines is 2. The van der Waals surface area contributed by atoms with Gasteiger partial charge in [0.15, 0.2) is 11.5 Å². The first kappa shape index (κ1) is 29.6. The molecule has 2 atom stereocenters. The molecule has 4 aromatic rings. The van der Waals surface area contributed by atoms with Crippen molar-refractivity contribution in [3.05, 3.63) is 101 Å². The van der Waals surface area contributed by atoms with Crippen LogP contribution in [-0.2, 0) is 11.0 Å². The first-order valence-corrected chi connectivity index (χ1v) is 13.9. The first-order chi connectivity index (χ1) is 20.9. The van der Waals surface area contributed by atoms with E-state index in [0.717, 1.165) is 17.2 Å². The molecule has 1 saturated heterocycles. The van der Waals surface area contributed by atoms with Gasteiger partial charge in [0.25, 0.3) is 5.91 Å². The molecule has 4 heterocycles. The second kappa shape index (κ2) is 11.2. The number of alkyl halides is 6. The number of carbonyl (C=O) groups excluding carboxylic acids is 1. The molecule has 0 unspecified atom stereocenters. The zero-order chi connectivity index (χ0) is 31.2. The van der Waals surface area contributed by atoms with Gasteiger partial charge in [-0.3, -0.25) is 4.79 Å². The van der Waals surface area contributed by atoms with Crippen LogP contribution in [0.15, 0.2) is 72.8 Å². The number of aliphatic hydroxyl groups excluding tert-OH is 1. The van der Waals surface area contributed by atoms with E-state index in [1.165, 1.54) is 10.7 Å². The molecular formula is C30H26F6N6O2. The average Bonchev–Trinajstić information content (AvgIpc) is 3.35. The maximum absolute atomic E-state index is 14.6. The van der Waals surface area contributed by atoms with E-state index in [2.05, 4.69) is 15.5 Å². The lowest BCUT2D eigenvalue weighted by Crippen LogP contribution is -2.45. The highest BCUT2D eigenvalue weighted by Crippen LogP contribution is 2.49. The standard InChI is InChI=1S/C30H26F6N6O2/c31-29(32,33)20-11-12-21(39-38-20)41-15-13-17(14-16-41)24-22-23(30(34,35)36)26(43)28(44)37-27(22)42(40-24)25(18-7-3-1-4-8-18)19-9-5-2-6-10-19/h1-12,17,23,25-26,43H,13-16H2,(H,37,44)/t23-,26+/m1/s1. The van der Waals surface area contributed by atoms with Crippen LogP contribution in [0.1, 0.15) is 58.8 Å². The maximum atomic E-state index is 14.6. The van der Waals surface area contributed by atoms with Crippen molar-refractivity contribution in [2.75, 3.05) is 23.3 Å². The van der Waals surface area contributed by atoms with Gasteiger partial charge >= 0.3 is 12.4 Å². The van der Waals surface area contributed by atoms with Crippen molar-refractivity contribution in [1.29, 1.82) is 0 Å². The Labute approximate surface area is 247 Å². The Morgan fingerprint density at radius 3 is 1.93 bits per heavy atom. The number of hydrogen-bond donors (Lipinski definition) is 2. The highest BCUT2D eigenvalue weighted by molar-refractivity contribution is 5.97. The van der Waals surface area contributed by atoms with Crippen LogP contribution < -0.4 is 10.2 Å². The Kier molecular flexibility index (Phi) is 7.56. The predicted octanol–water partition coefficient (Wildman–Crippen LogP) is 5.67. The van der Waals surface area contributed by atoms with Crippen LogP contribution in [0.4, 0.5) is 38.0 Å². The molecule has 0 saturated carbocycles. The normalized spacial score (nSPS) is 19.6. The van der Waals surface area contributed by atoms with E-state index in [9.17, 15) is 36.2 Å². The van der Waals surface area contributed by atoms with Gasteiger partial charge in [-0.05, 0) is 36.1 Å². The number of piperidine rings is 1. The lowest BCUT2D eigenvalue weighted by molar-refractivity contribution is -0.177. The molecule has 1 fully saturated rings. The van der Waals surface area contributed by atoms with E-state index in [4.69, 9.17) is 5.10 Å². The van der Waals surface area contributed by atoms with E-state index in [1.54, 1.807) is 29.2 Å². The van der Waals surface area contributed by atoms with Gasteiger partial charge in [-0.1, -0.05) is 60.7 Å². The summed E-state index contributed by atoms with van der Waals surface area (Å²) in [4.78, 5) is 14.5. The topological polar surface area (TPSA) is 96.2 Å². The zero-order valence-corrected chi connectivity index (χ0v) is 22.9. The minimum Gasteiger partial charge on any atom is -0.382 e. The maximum Gasteiger partial charge on any atom is 0.435 e. The fraction of sp³-hybridized carbons (Fsp3) is 0.333.